The van der Waals surface area contributed by atoms with Gasteiger partial charge in [-0.2, -0.15) is 0 Å². The molecule has 0 bridgehead atoms. The number of carbonyl (C=O) groups excluding carboxylic acids is 4. The molecule has 2 aromatic carbocycles. The molecule has 0 aliphatic carbocycles. The summed E-state index contributed by atoms with van der Waals surface area (Å²) in [6.45, 7) is 4.27. The van der Waals surface area contributed by atoms with E-state index in [4.69, 9.17) is 9.47 Å². The van der Waals surface area contributed by atoms with Gasteiger partial charge in [0.2, 0.25) is 0 Å². The average Bonchev–Trinajstić information content (AvgIpc) is 3.38. The first-order valence-electron chi connectivity index (χ1n) is 13.4. The van der Waals surface area contributed by atoms with Crippen LogP contribution in [0.3, 0.4) is 0 Å². The molecule has 2 N–H and O–H groups in total. The lowest BCUT2D eigenvalue weighted by Gasteiger charge is -2.09. The van der Waals surface area contributed by atoms with Gasteiger partial charge in [0.05, 0.1) is 24.8 Å². The van der Waals surface area contributed by atoms with Crippen LogP contribution < -0.4 is 16.2 Å². The number of aromatic nitrogens is 2. The molecule has 2 amide bonds. The number of nitrogens with one attached hydrogen (secondary N) is 2. The van der Waals surface area contributed by atoms with Gasteiger partial charge in [0.15, 0.2) is 4.96 Å². The molecule has 0 radical (unpaired) electrons. The first-order valence-corrected chi connectivity index (χ1v) is 14.2. The summed E-state index contributed by atoms with van der Waals surface area (Å²) in [5.41, 5.74) is 1.23. The van der Waals surface area contributed by atoms with Crippen molar-refractivity contribution >= 4 is 51.4 Å². The summed E-state index contributed by atoms with van der Waals surface area (Å²) in [5, 5.41) is 5.41. The van der Waals surface area contributed by atoms with E-state index in [0.29, 0.717) is 41.2 Å². The summed E-state index contributed by atoms with van der Waals surface area (Å²) in [4.78, 5) is 68.7. The summed E-state index contributed by atoms with van der Waals surface area (Å²) < 4.78 is 11.0. The molecule has 42 heavy (non-hydrogen) atoms. The van der Waals surface area contributed by atoms with E-state index in [9.17, 15) is 24.0 Å². The molecule has 12 heteroatoms. The second kappa shape index (κ2) is 13.7. The molecule has 0 unspecified atom stereocenters. The van der Waals surface area contributed by atoms with Crippen LogP contribution in [0.2, 0.25) is 0 Å². The number of nitrogens with zero attached hydrogens (tertiary/aromatic N) is 2. The Morgan fingerprint density at radius 3 is 2.02 bits per heavy atom. The van der Waals surface area contributed by atoms with Gasteiger partial charge < -0.3 is 20.1 Å². The maximum absolute atomic E-state index is 13.6. The molecule has 0 fully saturated rings. The monoisotopic (exact) mass is 590 g/mol. The van der Waals surface area contributed by atoms with Crippen molar-refractivity contribution in [3.8, 4) is 0 Å². The zero-order chi connectivity index (χ0) is 30.2. The number of aryl methyl sites for hydroxylation is 1. The minimum Gasteiger partial charge on any atom is -0.465 e. The van der Waals surface area contributed by atoms with Crippen molar-refractivity contribution in [2.75, 3.05) is 24.4 Å². The summed E-state index contributed by atoms with van der Waals surface area (Å²) in [5.74, 6) is -2.34. The Balaban J connectivity index is 1.65. The molecule has 2 heterocycles. The predicted octanol–water partition coefficient (Wildman–Crippen LogP) is 4.96. The highest BCUT2D eigenvalue weighted by molar-refractivity contribution is 7.19. The maximum atomic E-state index is 13.6. The predicted molar refractivity (Wildman–Crippen MR) is 159 cm³/mol. The number of anilines is 2. The first-order chi connectivity index (χ1) is 20.2. The zero-order valence-electron chi connectivity index (χ0n) is 23.4. The number of unbranched alkanes of at least 4 members (excludes halogenated alkanes) is 1. The summed E-state index contributed by atoms with van der Waals surface area (Å²) in [6.07, 6.45) is 2.98. The highest BCUT2D eigenvalue weighted by Crippen LogP contribution is 2.25. The number of methoxy groups -OCH3 is 1. The molecular weight excluding hydrogens is 560 g/mol. The van der Waals surface area contributed by atoms with Crippen molar-refractivity contribution in [3.63, 3.8) is 0 Å². The molecule has 4 aromatic rings. The lowest BCUT2D eigenvalue weighted by molar-refractivity contribution is 0.0499. The zero-order valence-corrected chi connectivity index (χ0v) is 24.2. The molecule has 0 atom stereocenters. The van der Waals surface area contributed by atoms with Gasteiger partial charge in [-0.25, -0.2) is 19.0 Å². The van der Waals surface area contributed by atoms with Gasteiger partial charge in [-0.1, -0.05) is 38.0 Å². The Kier molecular flexibility index (Phi) is 9.81. The highest BCUT2D eigenvalue weighted by Gasteiger charge is 2.27. The second-order valence-corrected chi connectivity index (χ2v) is 10.3. The molecule has 0 saturated heterocycles. The Morgan fingerprint density at radius 1 is 0.857 bits per heavy atom. The van der Waals surface area contributed by atoms with E-state index in [-0.39, 0.29) is 15.5 Å². The van der Waals surface area contributed by atoms with Crippen molar-refractivity contribution < 1.29 is 28.7 Å². The largest absolute Gasteiger partial charge is 0.465 e. The average molecular weight is 591 g/mol. The van der Waals surface area contributed by atoms with Gasteiger partial charge in [-0.15, -0.1) is 0 Å². The Bertz CT molecular complexity index is 1680. The quantitative estimate of drug-likeness (QED) is 0.184. The van der Waals surface area contributed by atoms with E-state index >= 15 is 0 Å². The van der Waals surface area contributed by atoms with Gasteiger partial charge in [0.1, 0.15) is 10.6 Å². The van der Waals surface area contributed by atoms with Gasteiger partial charge in [0, 0.05) is 23.1 Å². The van der Waals surface area contributed by atoms with Crippen molar-refractivity contribution in [2.24, 2.45) is 0 Å². The molecule has 11 nitrogen and oxygen atoms in total. The number of rotatable bonds is 11. The van der Waals surface area contributed by atoms with Crippen molar-refractivity contribution in [3.05, 3.63) is 92.3 Å². The minimum atomic E-state index is -0.710. The topological polar surface area (TPSA) is 145 Å². The van der Waals surface area contributed by atoms with Crippen LogP contribution in [-0.2, 0) is 15.9 Å². The number of amides is 2. The molecular formula is C30H30N4O7S. The Morgan fingerprint density at radius 2 is 1.45 bits per heavy atom. The van der Waals surface area contributed by atoms with E-state index in [1.54, 1.807) is 0 Å². The number of fused-ring (bicyclic) bond motifs is 1. The highest BCUT2D eigenvalue weighted by atomic mass is 32.1. The molecule has 0 aliphatic rings. The normalized spacial score (nSPS) is 10.7. The second-order valence-electron chi connectivity index (χ2n) is 9.28. The summed E-state index contributed by atoms with van der Waals surface area (Å²) in [6, 6.07) is 13.5. The number of hydrogen-bond acceptors (Lipinski definition) is 9. The van der Waals surface area contributed by atoms with E-state index in [1.165, 1.54) is 61.7 Å². The fourth-order valence-electron chi connectivity index (χ4n) is 4.03. The van der Waals surface area contributed by atoms with Crippen LogP contribution in [0, 0.1) is 0 Å². The smallest absolute Gasteiger partial charge is 0.338 e. The molecule has 218 valence electrons. The third-order valence-electron chi connectivity index (χ3n) is 6.17. The number of benzene rings is 2. The van der Waals surface area contributed by atoms with Crippen molar-refractivity contribution in [1.82, 2.24) is 9.38 Å². The fourth-order valence-corrected chi connectivity index (χ4v) is 5.07. The van der Waals surface area contributed by atoms with Gasteiger partial charge in [-0.05, 0) is 61.4 Å². The summed E-state index contributed by atoms with van der Waals surface area (Å²) >= 11 is 0.915. The SMILES string of the molecule is CCCCOC(=O)c1ccc(NC(=O)c2c(C(=O)Nc3ccc(C(=O)OC)cc3)sc3nc(CCC)cc(=O)n23)cc1. The van der Waals surface area contributed by atoms with E-state index in [0.717, 1.165) is 35.0 Å². The van der Waals surface area contributed by atoms with E-state index < -0.39 is 29.3 Å². The van der Waals surface area contributed by atoms with Crippen molar-refractivity contribution in [2.45, 2.75) is 39.5 Å². The van der Waals surface area contributed by atoms with Gasteiger partial charge in [0.25, 0.3) is 17.4 Å². The number of hydrogen-bond donors (Lipinski definition) is 2. The Labute approximate surface area is 245 Å². The van der Waals surface area contributed by atoms with Crippen LogP contribution >= 0.6 is 11.3 Å². The fraction of sp³-hybridized carbons (Fsp3) is 0.267. The van der Waals surface area contributed by atoms with Crippen LogP contribution in [0.15, 0.2) is 59.4 Å². The standard InChI is InChI=1S/C30H30N4O7S/c1-4-6-16-41-29(39)19-10-14-20(15-11-19)31-26(36)24-25(42-30-33-22(7-5-2)17-23(35)34(24)30)27(37)32-21-12-8-18(9-13-21)28(38)40-3/h8-15,17H,4-7,16H2,1-3H3,(H,31,36)(H,32,37). The number of ether oxygens (including phenoxy) is 2. The minimum absolute atomic E-state index is 0.0288. The van der Waals surface area contributed by atoms with E-state index in [2.05, 4.69) is 15.6 Å². The number of carbonyl (C=O) groups is 4. The lowest BCUT2D eigenvalue weighted by Crippen LogP contribution is -2.25. The van der Waals surface area contributed by atoms with Crippen LogP contribution in [0.5, 0.6) is 0 Å². The van der Waals surface area contributed by atoms with Crippen LogP contribution in [0.4, 0.5) is 11.4 Å². The third kappa shape index (κ3) is 6.89. The molecule has 0 saturated carbocycles. The first kappa shape index (κ1) is 30.1. The third-order valence-corrected chi connectivity index (χ3v) is 7.21. The number of esters is 2. The molecule has 0 spiro atoms. The Hall–Kier alpha value is -4.84. The lowest BCUT2D eigenvalue weighted by atomic mass is 10.2. The van der Waals surface area contributed by atoms with Crippen LogP contribution in [0.1, 0.15) is 79.7 Å². The van der Waals surface area contributed by atoms with Crippen LogP contribution in [0.25, 0.3) is 4.96 Å². The van der Waals surface area contributed by atoms with Crippen molar-refractivity contribution in [1.29, 1.82) is 0 Å². The summed E-state index contributed by atoms with van der Waals surface area (Å²) in [7, 11) is 1.27. The van der Waals surface area contributed by atoms with Crippen LogP contribution in [-0.4, -0.2) is 46.9 Å². The molecule has 2 aromatic heterocycles. The molecule has 0 aliphatic heterocycles. The molecule has 4 rings (SSSR count). The maximum Gasteiger partial charge on any atom is 0.338 e. The number of thiazole rings is 1. The van der Waals surface area contributed by atoms with E-state index in [1.807, 2.05) is 13.8 Å². The van der Waals surface area contributed by atoms with Gasteiger partial charge in [-0.3, -0.25) is 14.4 Å². The van der Waals surface area contributed by atoms with Gasteiger partial charge >= 0.3 is 11.9 Å².